The van der Waals surface area contributed by atoms with Gasteiger partial charge in [0.15, 0.2) is 0 Å². The van der Waals surface area contributed by atoms with E-state index in [2.05, 4.69) is 15.9 Å². The number of rotatable bonds is 2. The first-order valence-electron chi connectivity index (χ1n) is 4.96. The van der Waals surface area contributed by atoms with E-state index in [9.17, 15) is 4.39 Å². The molecule has 0 saturated heterocycles. The van der Waals surface area contributed by atoms with Gasteiger partial charge in [-0.1, -0.05) is 23.7 Å². The lowest BCUT2D eigenvalue weighted by Crippen LogP contribution is -2.13. The molecule has 1 atom stereocenters. The van der Waals surface area contributed by atoms with Gasteiger partial charge < -0.3 is 5.73 Å². The fourth-order valence-corrected chi connectivity index (χ4v) is 3.70. The fourth-order valence-electron chi connectivity index (χ4n) is 1.70. The molecule has 17 heavy (non-hydrogen) atoms. The van der Waals surface area contributed by atoms with Gasteiger partial charge in [0.1, 0.15) is 5.82 Å². The van der Waals surface area contributed by atoms with E-state index in [1.807, 2.05) is 13.0 Å². The molecule has 0 bridgehead atoms. The molecule has 1 unspecified atom stereocenters. The third kappa shape index (κ3) is 2.55. The third-order valence-corrected chi connectivity index (χ3v) is 4.55. The van der Waals surface area contributed by atoms with Gasteiger partial charge in [-0.3, -0.25) is 0 Å². The average molecular weight is 335 g/mol. The van der Waals surface area contributed by atoms with E-state index < -0.39 is 11.9 Å². The Balaban J connectivity index is 2.47. The van der Waals surface area contributed by atoms with Crippen LogP contribution in [-0.4, -0.2) is 0 Å². The van der Waals surface area contributed by atoms with Crippen LogP contribution in [0.15, 0.2) is 28.1 Å². The van der Waals surface area contributed by atoms with Crippen molar-refractivity contribution in [2.75, 3.05) is 0 Å². The molecule has 2 N–H and O–H groups in total. The number of thiophene rings is 1. The van der Waals surface area contributed by atoms with Crippen molar-refractivity contribution < 1.29 is 4.39 Å². The summed E-state index contributed by atoms with van der Waals surface area (Å²) in [5.74, 6) is -0.438. The highest BCUT2D eigenvalue weighted by molar-refractivity contribution is 9.11. The Bertz CT molecular complexity index is 555. The zero-order valence-corrected chi connectivity index (χ0v) is 12.2. The highest BCUT2D eigenvalue weighted by Crippen LogP contribution is 2.35. The predicted octanol–water partition coefficient (Wildman–Crippen LogP) is 4.66. The molecular formula is C12H10BrClFNS. The van der Waals surface area contributed by atoms with E-state index in [0.717, 1.165) is 14.2 Å². The SMILES string of the molecule is Cc1sc(Br)cc1C(N)c1cccc(F)c1Cl. The predicted molar refractivity (Wildman–Crippen MR) is 74.2 cm³/mol. The summed E-state index contributed by atoms with van der Waals surface area (Å²) in [7, 11) is 0. The highest BCUT2D eigenvalue weighted by atomic mass is 79.9. The molecule has 90 valence electrons. The number of benzene rings is 1. The normalized spacial score (nSPS) is 12.8. The summed E-state index contributed by atoms with van der Waals surface area (Å²) < 4.78 is 14.4. The molecule has 1 heterocycles. The van der Waals surface area contributed by atoms with Crippen LogP contribution in [0.2, 0.25) is 5.02 Å². The van der Waals surface area contributed by atoms with Crippen molar-refractivity contribution in [1.82, 2.24) is 0 Å². The Morgan fingerprint density at radius 1 is 1.41 bits per heavy atom. The molecule has 0 spiro atoms. The van der Waals surface area contributed by atoms with Crippen LogP contribution in [0.25, 0.3) is 0 Å². The van der Waals surface area contributed by atoms with Gasteiger partial charge in [-0.25, -0.2) is 4.39 Å². The number of halogens is 3. The van der Waals surface area contributed by atoms with Crippen molar-refractivity contribution in [2.24, 2.45) is 5.73 Å². The Labute approximate surface area is 117 Å². The van der Waals surface area contributed by atoms with Gasteiger partial charge in [-0.05, 0) is 46.1 Å². The molecule has 0 aliphatic rings. The lowest BCUT2D eigenvalue weighted by molar-refractivity contribution is 0.624. The van der Waals surface area contributed by atoms with Crippen LogP contribution >= 0.6 is 38.9 Å². The van der Waals surface area contributed by atoms with Gasteiger partial charge in [-0.15, -0.1) is 11.3 Å². The number of hydrogen-bond donors (Lipinski definition) is 1. The zero-order valence-electron chi connectivity index (χ0n) is 9.01. The molecule has 1 nitrogen and oxygen atoms in total. The summed E-state index contributed by atoms with van der Waals surface area (Å²) in [6.07, 6.45) is 0. The lowest BCUT2D eigenvalue weighted by Gasteiger charge is -2.14. The monoisotopic (exact) mass is 333 g/mol. The van der Waals surface area contributed by atoms with Crippen LogP contribution in [0.4, 0.5) is 4.39 Å². The van der Waals surface area contributed by atoms with Crippen LogP contribution in [0.1, 0.15) is 22.0 Å². The van der Waals surface area contributed by atoms with Crippen molar-refractivity contribution in [3.8, 4) is 0 Å². The quantitative estimate of drug-likeness (QED) is 0.849. The van der Waals surface area contributed by atoms with Gasteiger partial charge in [0, 0.05) is 4.88 Å². The standard InChI is InChI=1S/C12H10BrClFNS/c1-6-8(5-10(13)17-6)12(16)7-3-2-4-9(15)11(7)14/h2-5,12H,16H2,1H3. The number of aryl methyl sites for hydroxylation is 1. The first-order chi connectivity index (χ1) is 8.00. The van der Waals surface area contributed by atoms with Gasteiger partial charge in [0.05, 0.1) is 14.9 Å². The first-order valence-corrected chi connectivity index (χ1v) is 6.94. The van der Waals surface area contributed by atoms with Crippen LogP contribution in [0.3, 0.4) is 0 Å². The van der Waals surface area contributed by atoms with Crippen LogP contribution in [0, 0.1) is 12.7 Å². The fraction of sp³-hybridized carbons (Fsp3) is 0.167. The lowest BCUT2D eigenvalue weighted by atomic mass is 10.0. The van der Waals surface area contributed by atoms with E-state index in [4.69, 9.17) is 17.3 Å². The topological polar surface area (TPSA) is 26.0 Å². The van der Waals surface area contributed by atoms with E-state index in [1.165, 1.54) is 6.07 Å². The highest BCUT2D eigenvalue weighted by Gasteiger charge is 2.18. The number of hydrogen-bond acceptors (Lipinski definition) is 2. The summed E-state index contributed by atoms with van der Waals surface area (Å²) in [5, 5.41) is 0.0988. The summed E-state index contributed by atoms with van der Waals surface area (Å²) in [6, 6.07) is 6.25. The third-order valence-electron chi connectivity index (χ3n) is 2.58. The minimum atomic E-state index is -0.438. The van der Waals surface area contributed by atoms with Crippen molar-refractivity contribution in [3.05, 3.63) is 54.9 Å². The van der Waals surface area contributed by atoms with Gasteiger partial charge in [-0.2, -0.15) is 0 Å². The van der Waals surface area contributed by atoms with E-state index in [0.29, 0.717) is 5.56 Å². The molecule has 2 aromatic rings. The first kappa shape index (κ1) is 13.0. The van der Waals surface area contributed by atoms with Crippen LogP contribution < -0.4 is 5.73 Å². The number of nitrogens with two attached hydrogens (primary N) is 1. The maximum Gasteiger partial charge on any atom is 0.142 e. The zero-order chi connectivity index (χ0) is 12.6. The van der Waals surface area contributed by atoms with Gasteiger partial charge >= 0.3 is 0 Å². The van der Waals surface area contributed by atoms with Crippen molar-refractivity contribution in [1.29, 1.82) is 0 Å². The largest absolute Gasteiger partial charge is 0.320 e. The molecule has 1 aromatic carbocycles. The minimum Gasteiger partial charge on any atom is -0.320 e. The second-order valence-electron chi connectivity index (χ2n) is 3.68. The Kier molecular flexibility index (Phi) is 3.88. The Morgan fingerprint density at radius 2 is 2.12 bits per heavy atom. The van der Waals surface area contributed by atoms with Crippen molar-refractivity contribution in [3.63, 3.8) is 0 Å². The van der Waals surface area contributed by atoms with Crippen molar-refractivity contribution >= 4 is 38.9 Å². The molecule has 2 rings (SSSR count). The van der Waals surface area contributed by atoms with Gasteiger partial charge in [0.2, 0.25) is 0 Å². The summed E-state index contributed by atoms with van der Waals surface area (Å²) in [4.78, 5) is 1.10. The molecule has 0 amide bonds. The summed E-state index contributed by atoms with van der Waals surface area (Å²) in [6.45, 7) is 1.98. The van der Waals surface area contributed by atoms with E-state index in [-0.39, 0.29) is 5.02 Å². The van der Waals surface area contributed by atoms with E-state index in [1.54, 1.807) is 23.5 Å². The molecule has 0 saturated carbocycles. The maximum absolute atomic E-state index is 13.4. The molecule has 1 aromatic heterocycles. The molecule has 0 radical (unpaired) electrons. The average Bonchev–Trinajstić information content (AvgIpc) is 2.61. The molecular weight excluding hydrogens is 325 g/mol. The minimum absolute atomic E-state index is 0.0988. The summed E-state index contributed by atoms with van der Waals surface area (Å²) >= 11 is 10.9. The smallest absolute Gasteiger partial charge is 0.142 e. The Morgan fingerprint density at radius 3 is 2.71 bits per heavy atom. The molecule has 5 heteroatoms. The van der Waals surface area contributed by atoms with E-state index >= 15 is 0 Å². The molecule has 0 aliphatic heterocycles. The molecule has 0 fully saturated rings. The van der Waals surface area contributed by atoms with Gasteiger partial charge in [0.25, 0.3) is 0 Å². The molecule has 0 aliphatic carbocycles. The second kappa shape index (κ2) is 5.06. The van der Waals surface area contributed by atoms with Crippen LogP contribution in [0.5, 0.6) is 0 Å². The van der Waals surface area contributed by atoms with Crippen molar-refractivity contribution in [2.45, 2.75) is 13.0 Å². The summed E-state index contributed by atoms with van der Waals surface area (Å²) in [5.41, 5.74) is 7.71. The Hall–Kier alpha value is -0.420. The second-order valence-corrected chi connectivity index (χ2v) is 6.70. The maximum atomic E-state index is 13.4. The van der Waals surface area contributed by atoms with Crippen LogP contribution in [-0.2, 0) is 0 Å².